The highest BCUT2D eigenvalue weighted by molar-refractivity contribution is 5.91. The molecule has 0 saturated carbocycles. The third-order valence-electron chi connectivity index (χ3n) is 3.62. The molecule has 28 heavy (non-hydrogen) atoms. The second kappa shape index (κ2) is 13.1. The average Bonchev–Trinajstić information content (AvgIpc) is 2.64. The normalized spacial score (nSPS) is 13.0. The Morgan fingerprint density at radius 1 is 1.25 bits per heavy atom. The molecule has 0 aliphatic carbocycles. The van der Waals surface area contributed by atoms with Gasteiger partial charge in [-0.05, 0) is 38.5 Å². The van der Waals surface area contributed by atoms with Crippen molar-refractivity contribution < 1.29 is 33.8 Å². The summed E-state index contributed by atoms with van der Waals surface area (Å²) in [6.45, 7) is 11.5. The Hall–Kier alpha value is -3.16. The van der Waals surface area contributed by atoms with Crippen molar-refractivity contribution in [1.29, 1.82) is 0 Å². The van der Waals surface area contributed by atoms with Crippen molar-refractivity contribution in [3.63, 3.8) is 0 Å². The minimum absolute atomic E-state index is 0.122. The number of aryl methyl sites for hydroxylation is 1. The highest BCUT2D eigenvalue weighted by Gasteiger charge is 2.26. The molecule has 1 aliphatic rings. The summed E-state index contributed by atoms with van der Waals surface area (Å²) in [7, 11) is 0. The van der Waals surface area contributed by atoms with E-state index in [-0.39, 0.29) is 11.7 Å². The molecule has 1 fully saturated rings. The fraction of sp³-hybridized carbons (Fsp3) is 0.400. The smallest absolute Gasteiger partial charge is 0.414 e. The Morgan fingerprint density at radius 2 is 1.79 bits per heavy atom. The minimum atomic E-state index is -1.01. The lowest BCUT2D eigenvalue weighted by molar-refractivity contribution is -0.106. The summed E-state index contributed by atoms with van der Waals surface area (Å²) in [5.74, 6) is -0.276. The predicted octanol–water partition coefficient (Wildman–Crippen LogP) is 3.23. The predicted molar refractivity (Wildman–Crippen MR) is 104 cm³/mol. The van der Waals surface area contributed by atoms with E-state index in [0.29, 0.717) is 37.4 Å². The highest BCUT2D eigenvalue weighted by atomic mass is 16.6. The number of allylic oxidation sites excluding steroid dienone is 1. The molecular weight excluding hydrogens is 366 g/mol. The van der Waals surface area contributed by atoms with E-state index in [1.807, 2.05) is 13.7 Å². The van der Waals surface area contributed by atoms with Gasteiger partial charge in [-0.25, -0.2) is 9.59 Å². The second-order valence-electron chi connectivity index (χ2n) is 5.91. The standard InChI is InChI=1S/C17H21NO5.C2H4O.CH2O/c1-11(2)22-17(21)18-8-6-13(7-9-18)23-15-10-12(3)4-5-14(15)16(19)20;1-2-3;1-2/h4-5,10,13H,1,6-9H2,2-3H3,(H,19,20);2H,1H3;1H2. The third-order valence-corrected chi connectivity index (χ3v) is 3.62. The van der Waals surface area contributed by atoms with E-state index < -0.39 is 12.1 Å². The number of carbonyl (C=O) groups is 4. The molecule has 154 valence electrons. The molecule has 0 spiro atoms. The van der Waals surface area contributed by atoms with Gasteiger partial charge in [0.15, 0.2) is 0 Å². The van der Waals surface area contributed by atoms with Gasteiger partial charge in [-0.3, -0.25) is 0 Å². The summed E-state index contributed by atoms with van der Waals surface area (Å²) in [5, 5.41) is 9.23. The summed E-state index contributed by atoms with van der Waals surface area (Å²) in [6.07, 6.45) is 1.47. The number of hydrogen-bond acceptors (Lipinski definition) is 6. The molecule has 1 aromatic carbocycles. The van der Waals surface area contributed by atoms with Crippen LogP contribution >= 0.6 is 0 Å². The van der Waals surface area contributed by atoms with Crippen molar-refractivity contribution in [2.75, 3.05) is 13.1 Å². The van der Waals surface area contributed by atoms with Crippen LogP contribution in [0.3, 0.4) is 0 Å². The number of amides is 1. The first-order valence-corrected chi connectivity index (χ1v) is 8.60. The molecule has 1 aliphatic heterocycles. The maximum atomic E-state index is 11.8. The lowest BCUT2D eigenvalue weighted by Gasteiger charge is -2.31. The van der Waals surface area contributed by atoms with Crippen LogP contribution in [-0.4, -0.2) is 54.3 Å². The zero-order valence-corrected chi connectivity index (χ0v) is 16.5. The summed E-state index contributed by atoms with van der Waals surface area (Å²) in [4.78, 5) is 41.5. The quantitative estimate of drug-likeness (QED) is 0.617. The Labute approximate surface area is 164 Å². The van der Waals surface area contributed by atoms with Gasteiger partial charge < -0.3 is 29.1 Å². The molecule has 8 heteroatoms. The Morgan fingerprint density at radius 3 is 2.25 bits per heavy atom. The van der Waals surface area contributed by atoms with E-state index in [0.717, 1.165) is 11.8 Å². The molecule has 0 radical (unpaired) electrons. The molecule has 1 saturated heterocycles. The molecule has 2 rings (SSSR count). The van der Waals surface area contributed by atoms with Gasteiger partial charge in [-0.2, -0.15) is 0 Å². The number of aldehydes is 1. The van der Waals surface area contributed by atoms with Crippen molar-refractivity contribution in [1.82, 2.24) is 4.90 Å². The van der Waals surface area contributed by atoms with Gasteiger partial charge in [0.2, 0.25) is 0 Å². The maximum absolute atomic E-state index is 11.8. The van der Waals surface area contributed by atoms with E-state index in [1.165, 1.54) is 6.92 Å². The molecular formula is C20H27NO7. The fourth-order valence-electron chi connectivity index (χ4n) is 2.45. The van der Waals surface area contributed by atoms with Gasteiger partial charge >= 0.3 is 12.1 Å². The van der Waals surface area contributed by atoms with Gasteiger partial charge in [0.1, 0.15) is 30.5 Å². The van der Waals surface area contributed by atoms with E-state index in [4.69, 9.17) is 19.1 Å². The largest absolute Gasteiger partial charge is 0.489 e. The van der Waals surface area contributed by atoms with Crippen LogP contribution < -0.4 is 4.74 Å². The Kier molecular flexibility index (Phi) is 11.6. The maximum Gasteiger partial charge on any atom is 0.414 e. The number of carboxylic acids is 1. The monoisotopic (exact) mass is 393 g/mol. The zero-order valence-electron chi connectivity index (χ0n) is 16.5. The summed E-state index contributed by atoms with van der Waals surface area (Å²) < 4.78 is 10.8. The van der Waals surface area contributed by atoms with Crippen LogP contribution in [0.4, 0.5) is 4.79 Å². The second-order valence-corrected chi connectivity index (χ2v) is 5.91. The van der Waals surface area contributed by atoms with Crippen LogP contribution in [0.2, 0.25) is 0 Å². The lowest BCUT2D eigenvalue weighted by atomic mass is 10.1. The number of hydrogen-bond donors (Lipinski definition) is 1. The van der Waals surface area contributed by atoms with Gasteiger partial charge in [0, 0.05) is 25.9 Å². The van der Waals surface area contributed by atoms with Crippen LogP contribution in [0.25, 0.3) is 0 Å². The Bertz CT molecular complexity index is 679. The molecule has 1 N–H and O–H groups in total. The van der Waals surface area contributed by atoms with Crippen molar-refractivity contribution in [2.45, 2.75) is 39.7 Å². The van der Waals surface area contributed by atoms with Crippen LogP contribution in [0.5, 0.6) is 5.75 Å². The summed E-state index contributed by atoms with van der Waals surface area (Å²) >= 11 is 0. The van der Waals surface area contributed by atoms with Crippen molar-refractivity contribution in [3.8, 4) is 5.75 Å². The number of piperidine rings is 1. The van der Waals surface area contributed by atoms with Crippen LogP contribution in [0.1, 0.15) is 42.6 Å². The highest BCUT2D eigenvalue weighted by Crippen LogP contribution is 2.25. The molecule has 8 nitrogen and oxygen atoms in total. The third kappa shape index (κ3) is 8.48. The number of likely N-dealkylation sites (tertiary alicyclic amines) is 1. The van der Waals surface area contributed by atoms with Crippen molar-refractivity contribution >= 4 is 25.1 Å². The van der Waals surface area contributed by atoms with Gasteiger partial charge in [-0.1, -0.05) is 12.6 Å². The first-order valence-electron chi connectivity index (χ1n) is 8.60. The first kappa shape index (κ1) is 24.8. The fourth-order valence-corrected chi connectivity index (χ4v) is 2.45. The molecule has 0 bridgehead atoms. The number of carboxylic acid groups (broad SMARTS) is 1. The number of ether oxygens (including phenoxy) is 2. The van der Waals surface area contributed by atoms with Crippen molar-refractivity contribution in [2.24, 2.45) is 0 Å². The van der Waals surface area contributed by atoms with Gasteiger partial charge in [0.05, 0.1) is 5.76 Å². The SMILES string of the molecule is C=C(C)OC(=O)N1CCC(Oc2cc(C)ccc2C(=O)O)CC1.C=O.CC=O. The number of aromatic carboxylic acids is 1. The van der Waals surface area contributed by atoms with Gasteiger partial charge in [-0.15, -0.1) is 0 Å². The number of rotatable bonds is 4. The first-order chi connectivity index (χ1) is 13.3. The van der Waals surface area contributed by atoms with E-state index in [1.54, 1.807) is 30.0 Å². The average molecular weight is 393 g/mol. The van der Waals surface area contributed by atoms with E-state index in [2.05, 4.69) is 6.58 Å². The van der Waals surface area contributed by atoms with Crippen LogP contribution in [-0.2, 0) is 14.3 Å². The molecule has 1 amide bonds. The number of benzene rings is 1. The number of carbonyl (C=O) groups excluding carboxylic acids is 3. The van der Waals surface area contributed by atoms with Crippen LogP contribution in [0.15, 0.2) is 30.5 Å². The summed E-state index contributed by atoms with van der Waals surface area (Å²) in [6, 6.07) is 5.02. The van der Waals surface area contributed by atoms with E-state index in [9.17, 15) is 14.7 Å². The topological polar surface area (TPSA) is 110 Å². The zero-order chi connectivity index (χ0) is 21.7. The van der Waals surface area contributed by atoms with Crippen molar-refractivity contribution in [3.05, 3.63) is 41.7 Å². The minimum Gasteiger partial charge on any atom is -0.489 e. The van der Waals surface area contributed by atoms with Gasteiger partial charge in [0.25, 0.3) is 0 Å². The Balaban J connectivity index is 0.00000133. The lowest BCUT2D eigenvalue weighted by Crippen LogP contribution is -2.42. The molecule has 1 heterocycles. The van der Waals surface area contributed by atoms with Crippen LogP contribution in [0, 0.1) is 6.92 Å². The molecule has 0 atom stereocenters. The van der Waals surface area contributed by atoms with E-state index >= 15 is 0 Å². The number of nitrogens with zero attached hydrogens (tertiary/aromatic N) is 1. The molecule has 0 unspecified atom stereocenters. The summed E-state index contributed by atoms with van der Waals surface area (Å²) in [5.41, 5.74) is 1.09. The molecule has 1 aromatic rings. The molecule has 0 aromatic heterocycles.